The topological polar surface area (TPSA) is 90.0 Å². The average molecular weight is 321 g/mol. The van der Waals surface area contributed by atoms with Crippen LogP contribution in [0, 0.1) is 0 Å². The molecule has 0 saturated carbocycles. The Morgan fingerprint density at radius 3 is 2.19 bits per heavy atom. The summed E-state index contributed by atoms with van der Waals surface area (Å²) < 4.78 is 32.3. The van der Waals surface area contributed by atoms with E-state index in [0.717, 1.165) is 0 Å². The minimum absolute atomic E-state index is 0.125. The van der Waals surface area contributed by atoms with Gasteiger partial charge in [-0.25, -0.2) is 13.2 Å². The van der Waals surface area contributed by atoms with E-state index in [1.165, 1.54) is 0 Å². The van der Waals surface area contributed by atoms with E-state index >= 15 is 0 Å². The number of rotatable bonds is 5. The van der Waals surface area contributed by atoms with E-state index in [9.17, 15) is 18.0 Å². The summed E-state index contributed by atoms with van der Waals surface area (Å²) in [5.41, 5.74) is -0.608. The van der Waals surface area contributed by atoms with Crippen molar-refractivity contribution in [3.05, 3.63) is 0 Å². The molecular formula is C13H23NO6S. The minimum Gasteiger partial charge on any atom is -0.457 e. The van der Waals surface area contributed by atoms with Gasteiger partial charge in [0.15, 0.2) is 16.4 Å². The standard InChI is InChI=1S/C13H23NO6S/c1-13(2,3)20-12(16)10-19-11(15)4-5-14-6-8-21(17,18)9-7-14/h4-10H2,1-3H3. The van der Waals surface area contributed by atoms with E-state index in [4.69, 9.17) is 9.47 Å². The van der Waals surface area contributed by atoms with Crippen molar-refractivity contribution in [3.8, 4) is 0 Å². The van der Waals surface area contributed by atoms with Crippen molar-refractivity contribution >= 4 is 21.8 Å². The summed E-state index contributed by atoms with van der Waals surface area (Å²) >= 11 is 0. The summed E-state index contributed by atoms with van der Waals surface area (Å²) in [4.78, 5) is 24.8. The van der Waals surface area contributed by atoms with E-state index in [2.05, 4.69) is 0 Å². The van der Waals surface area contributed by atoms with Crippen molar-refractivity contribution in [1.82, 2.24) is 4.90 Å². The van der Waals surface area contributed by atoms with Crippen molar-refractivity contribution in [2.45, 2.75) is 32.8 Å². The van der Waals surface area contributed by atoms with Gasteiger partial charge in [-0.3, -0.25) is 4.79 Å². The van der Waals surface area contributed by atoms with Crippen molar-refractivity contribution in [2.24, 2.45) is 0 Å². The van der Waals surface area contributed by atoms with Crippen LogP contribution >= 0.6 is 0 Å². The largest absolute Gasteiger partial charge is 0.457 e. The molecule has 1 aliphatic rings. The molecule has 1 heterocycles. The Balaban J connectivity index is 2.19. The second-order valence-electron chi connectivity index (χ2n) is 5.99. The number of esters is 2. The van der Waals surface area contributed by atoms with E-state index < -0.39 is 34.0 Å². The molecule has 21 heavy (non-hydrogen) atoms. The van der Waals surface area contributed by atoms with E-state index in [-0.39, 0.29) is 17.9 Å². The lowest BCUT2D eigenvalue weighted by atomic mass is 10.2. The third kappa shape index (κ3) is 8.01. The highest BCUT2D eigenvalue weighted by molar-refractivity contribution is 7.91. The van der Waals surface area contributed by atoms with E-state index in [0.29, 0.717) is 19.6 Å². The van der Waals surface area contributed by atoms with Crippen LogP contribution in [0.4, 0.5) is 0 Å². The molecule has 0 bridgehead atoms. The molecule has 1 fully saturated rings. The first-order valence-electron chi connectivity index (χ1n) is 6.88. The smallest absolute Gasteiger partial charge is 0.344 e. The monoisotopic (exact) mass is 321 g/mol. The first-order chi connectivity index (χ1) is 9.57. The van der Waals surface area contributed by atoms with Gasteiger partial charge in [-0.2, -0.15) is 0 Å². The summed E-state index contributed by atoms with van der Waals surface area (Å²) in [5.74, 6) is -0.825. The van der Waals surface area contributed by atoms with Crippen molar-refractivity contribution in [2.75, 3.05) is 37.7 Å². The molecule has 0 aromatic carbocycles. The minimum atomic E-state index is -2.91. The number of sulfone groups is 1. The predicted molar refractivity (Wildman–Crippen MR) is 76.5 cm³/mol. The molecule has 0 unspecified atom stereocenters. The molecule has 1 saturated heterocycles. The number of carbonyl (C=O) groups is 2. The zero-order chi connectivity index (χ0) is 16.1. The van der Waals surface area contributed by atoms with Crippen LogP contribution in [0.15, 0.2) is 0 Å². The van der Waals surface area contributed by atoms with Crippen LogP contribution < -0.4 is 0 Å². The molecule has 0 amide bonds. The average Bonchev–Trinajstić information content (AvgIpc) is 2.33. The lowest BCUT2D eigenvalue weighted by Gasteiger charge is -2.25. The lowest BCUT2D eigenvalue weighted by Crippen LogP contribution is -2.41. The van der Waals surface area contributed by atoms with Gasteiger partial charge in [0, 0.05) is 19.6 Å². The Morgan fingerprint density at radius 1 is 1.10 bits per heavy atom. The summed E-state index contributed by atoms with van der Waals surface area (Å²) in [6.45, 7) is 6.10. The van der Waals surface area contributed by atoms with Crippen molar-refractivity contribution in [1.29, 1.82) is 0 Å². The van der Waals surface area contributed by atoms with Crippen LogP contribution in [0.5, 0.6) is 0 Å². The highest BCUT2D eigenvalue weighted by atomic mass is 32.2. The number of hydrogen-bond donors (Lipinski definition) is 0. The predicted octanol–water partition coefficient (Wildman–Crippen LogP) is -0.00820. The fourth-order valence-electron chi connectivity index (χ4n) is 1.81. The summed E-state index contributed by atoms with van der Waals surface area (Å²) in [7, 11) is -2.91. The second-order valence-corrected chi connectivity index (χ2v) is 8.29. The van der Waals surface area contributed by atoms with Crippen molar-refractivity contribution in [3.63, 3.8) is 0 Å². The molecule has 0 N–H and O–H groups in total. The van der Waals surface area contributed by atoms with E-state index in [1.54, 1.807) is 20.8 Å². The fourth-order valence-corrected chi connectivity index (χ4v) is 3.08. The first-order valence-corrected chi connectivity index (χ1v) is 8.70. The third-order valence-corrected chi connectivity index (χ3v) is 4.45. The number of carbonyl (C=O) groups excluding carboxylic acids is 2. The third-order valence-electron chi connectivity index (χ3n) is 2.84. The van der Waals surface area contributed by atoms with Gasteiger partial charge in [0.05, 0.1) is 17.9 Å². The summed E-state index contributed by atoms with van der Waals surface area (Å²) in [6.07, 6.45) is 0.128. The quantitative estimate of drug-likeness (QED) is 0.658. The molecule has 8 heteroatoms. The molecule has 0 radical (unpaired) electrons. The molecule has 7 nitrogen and oxygen atoms in total. The van der Waals surface area contributed by atoms with Crippen LogP contribution in [0.1, 0.15) is 27.2 Å². The number of ether oxygens (including phenoxy) is 2. The zero-order valence-electron chi connectivity index (χ0n) is 12.8. The Hall–Kier alpha value is -1.15. The highest BCUT2D eigenvalue weighted by Gasteiger charge is 2.22. The van der Waals surface area contributed by atoms with Gasteiger partial charge in [0.1, 0.15) is 5.60 Å². The molecular weight excluding hydrogens is 298 g/mol. The second kappa shape index (κ2) is 7.22. The Kier molecular flexibility index (Phi) is 6.15. The molecule has 0 aromatic heterocycles. The van der Waals surface area contributed by atoms with Crippen LogP contribution in [0.25, 0.3) is 0 Å². The SMILES string of the molecule is CC(C)(C)OC(=O)COC(=O)CCN1CCS(=O)(=O)CC1. The molecule has 122 valence electrons. The Bertz CT molecular complexity index is 465. The molecule has 1 aliphatic heterocycles. The lowest BCUT2D eigenvalue weighted by molar-refractivity contribution is -0.166. The maximum atomic E-state index is 11.5. The number of hydrogen-bond acceptors (Lipinski definition) is 7. The summed E-state index contributed by atoms with van der Waals surface area (Å²) in [6, 6.07) is 0. The highest BCUT2D eigenvalue weighted by Crippen LogP contribution is 2.07. The first kappa shape index (κ1) is 17.9. The molecule has 0 atom stereocenters. The molecule has 1 rings (SSSR count). The molecule has 0 spiro atoms. The van der Waals surface area contributed by atoms with Crippen LogP contribution in [-0.2, 0) is 28.9 Å². The maximum absolute atomic E-state index is 11.5. The van der Waals surface area contributed by atoms with Crippen LogP contribution in [-0.4, -0.2) is 68.6 Å². The van der Waals surface area contributed by atoms with Gasteiger partial charge in [-0.15, -0.1) is 0 Å². The van der Waals surface area contributed by atoms with Gasteiger partial charge < -0.3 is 14.4 Å². The van der Waals surface area contributed by atoms with Crippen LogP contribution in [0.2, 0.25) is 0 Å². The normalized spacial score (nSPS) is 19.0. The summed E-state index contributed by atoms with van der Waals surface area (Å²) in [5, 5.41) is 0. The van der Waals surface area contributed by atoms with Gasteiger partial charge in [-0.05, 0) is 20.8 Å². The molecule has 0 aromatic rings. The molecule has 0 aliphatic carbocycles. The van der Waals surface area contributed by atoms with Gasteiger partial charge in [0.2, 0.25) is 0 Å². The fraction of sp³-hybridized carbons (Fsp3) is 0.846. The zero-order valence-corrected chi connectivity index (χ0v) is 13.6. The van der Waals surface area contributed by atoms with Crippen LogP contribution in [0.3, 0.4) is 0 Å². The number of nitrogens with zero attached hydrogens (tertiary/aromatic N) is 1. The Morgan fingerprint density at radius 2 is 1.67 bits per heavy atom. The Labute approximate surface area is 125 Å². The van der Waals surface area contributed by atoms with E-state index in [1.807, 2.05) is 4.90 Å². The van der Waals surface area contributed by atoms with Gasteiger partial charge in [0.25, 0.3) is 0 Å². The van der Waals surface area contributed by atoms with Crippen molar-refractivity contribution < 1.29 is 27.5 Å². The van der Waals surface area contributed by atoms with Gasteiger partial charge in [-0.1, -0.05) is 0 Å². The van der Waals surface area contributed by atoms with Gasteiger partial charge >= 0.3 is 11.9 Å². The maximum Gasteiger partial charge on any atom is 0.344 e.